The lowest BCUT2D eigenvalue weighted by Gasteiger charge is -2.22. The Labute approximate surface area is 176 Å². The van der Waals surface area contributed by atoms with Crippen LogP contribution in [0.2, 0.25) is 0 Å². The van der Waals surface area contributed by atoms with E-state index in [-0.39, 0.29) is 24.3 Å². The maximum atomic E-state index is 12.8. The van der Waals surface area contributed by atoms with E-state index in [0.717, 1.165) is 23.4 Å². The first-order valence-corrected chi connectivity index (χ1v) is 10.2. The number of nitrogens with one attached hydrogen (secondary N) is 2. The minimum absolute atomic E-state index is 0.0735. The largest absolute Gasteiger partial charge is 0.484 e. The van der Waals surface area contributed by atoms with Crippen LogP contribution in [0.1, 0.15) is 26.6 Å². The Morgan fingerprint density at radius 2 is 1.77 bits per heavy atom. The average molecular weight is 409 g/mol. The quantitative estimate of drug-likeness (QED) is 0.570. The summed E-state index contributed by atoms with van der Waals surface area (Å²) in [5.41, 5.74) is 1.94. The molecular weight excluding hydrogens is 380 g/mol. The number of para-hydroxylation sites is 3. The highest BCUT2D eigenvalue weighted by atomic mass is 16.5. The number of nitrogens with zero attached hydrogens (tertiary/aromatic N) is 2. The van der Waals surface area contributed by atoms with Crippen LogP contribution in [0, 0.1) is 5.92 Å². The van der Waals surface area contributed by atoms with Gasteiger partial charge in [-0.3, -0.25) is 9.59 Å². The fraction of sp³-hybridized carbons (Fsp3) is 0.348. The zero-order chi connectivity index (χ0) is 21.5. The number of carbonyl (C=O) groups excluding carboxylic acids is 2. The monoisotopic (exact) mass is 408 g/mol. The normalized spacial score (nSPS) is 12.0. The summed E-state index contributed by atoms with van der Waals surface area (Å²) in [6, 6.07) is 16.3. The molecule has 7 heteroatoms. The van der Waals surface area contributed by atoms with E-state index in [1.807, 2.05) is 63.2 Å². The van der Waals surface area contributed by atoms with Crippen LogP contribution in [0.25, 0.3) is 11.0 Å². The minimum atomic E-state index is -0.656. The van der Waals surface area contributed by atoms with Gasteiger partial charge in [0.05, 0.1) is 17.6 Å². The molecule has 0 bridgehead atoms. The van der Waals surface area contributed by atoms with Crippen LogP contribution in [-0.4, -0.2) is 34.0 Å². The van der Waals surface area contributed by atoms with Gasteiger partial charge >= 0.3 is 0 Å². The fourth-order valence-electron chi connectivity index (χ4n) is 3.31. The molecule has 0 spiro atoms. The zero-order valence-corrected chi connectivity index (χ0v) is 17.6. The summed E-state index contributed by atoms with van der Waals surface area (Å²) < 4.78 is 7.54. The molecule has 158 valence electrons. The van der Waals surface area contributed by atoms with Gasteiger partial charge in [-0.1, -0.05) is 44.2 Å². The number of aryl methyl sites for hydroxylation is 1. The molecule has 1 heterocycles. The molecule has 0 fully saturated rings. The van der Waals surface area contributed by atoms with Crippen molar-refractivity contribution in [2.24, 2.45) is 5.92 Å². The van der Waals surface area contributed by atoms with Crippen LogP contribution in [0.4, 0.5) is 0 Å². The van der Waals surface area contributed by atoms with E-state index in [0.29, 0.717) is 12.3 Å². The maximum Gasteiger partial charge on any atom is 0.258 e. The number of carbonyl (C=O) groups is 2. The summed E-state index contributed by atoms with van der Waals surface area (Å²) in [4.78, 5) is 29.7. The van der Waals surface area contributed by atoms with Crippen LogP contribution in [0.15, 0.2) is 54.6 Å². The zero-order valence-electron chi connectivity index (χ0n) is 17.6. The van der Waals surface area contributed by atoms with Gasteiger partial charge in [0.25, 0.3) is 5.91 Å². The van der Waals surface area contributed by atoms with Crippen molar-refractivity contribution >= 4 is 22.8 Å². The molecule has 0 radical (unpaired) electrons. The average Bonchev–Trinajstić information content (AvgIpc) is 3.12. The number of amides is 2. The van der Waals surface area contributed by atoms with Crippen LogP contribution >= 0.6 is 0 Å². The molecule has 3 aromatic rings. The van der Waals surface area contributed by atoms with Crippen LogP contribution in [0.5, 0.6) is 5.75 Å². The van der Waals surface area contributed by atoms with Crippen molar-refractivity contribution in [2.45, 2.75) is 39.9 Å². The predicted molar refractivity (Wildman–Crippen MR) is 116 cm³/mol. The first kappa shape index (κ1) is 21.4. The SMILES string of the molecule is CCn1c(CNC(=O)C(NC(=O)COc2ccccc2)C(C)C)nc2ccccc21. The molecule has 3 rings (SSSR count). The highest BCUT2D eigenvalue weighted by Crippen LogP contribution is 2.16. The fourth-order valence-corrected chi connectivity index (χ4v) is 3.31. The van der Waals surface area contributed by atoms with E-state index in [2.05, 4.69) is 20.2 Å². The van der Waals surface area contributed by atoms with E-state index in [9.17, 15) is 9.59 Å². The highest BCUT2D eigenvalue weighted by Gasteiger charge is 2.24. The minimum Gasteiger partial charge on any atom is -0.484 e. The molecule has 1 aromatic heterocycles. The van der Waals surface area contributed by atoms with Gasteiger partial charge in [-0.15, -0.1) is 0 Å². The molecule has 0 aliphatic carbocycles. The second kappa shape index (κ2) is 9.91. The van der Waals surface area contributed by atoms with Crippen LogP contribution in [0.3, 0.4) is 0 Å². The van der Waals surface area contributed by atoms with Crippen LogP contribution < -0.4 is 15.4 Å². The molecule has 0 saturated heterocycles. The summed E-state index contributed by atoms with van der Waals surface area (Å²) in [6.07, 6.45) is 0. The van der Waals surface area contributed by atoms with Crippen molar-refractivity contribution in [1.29, 1.82) is 0 Å². The maximum absolute atomic E-state index is 12.8. The molecule has 0 aliphatic rings. The first-order chi connectivity index (χ1) is 14.5. The standard InChI is InChI=1S/C23H28N4O3/c1-4-27-19-13-9-8-12-18(19)25-20(27)14-24-23(29)22(16(2)3)26-21(28)15-30-17-10-6-5-7-11-17/h5-13,16,22H,4,14-15H2,1-3H3,(H,24,29)(H,26,28). The molecule has 30 heavy (non-hydrogen) atoms. The predicted octanol–water partition coefficient (Wildman–Crippen LogP) is 2.89. The number of ether oxygens (including phenoxy) is 1. The summed E-state index contributed by atoms with van der Waals surface area (Å²) >= 11 is 0. The Morgan fingerprint density at radius 3 is 2.47 bits per heavy atom. The Bertz CT molecular complexity index is 998. The molecule has 0 aliphatic heterocycles. The van der Waals surface area contributed by atoms with Gasteiger partial charge < -0.3 is 19.9 Å². The third-order valence-corrected chi connectivity index (χ3v) is 4.85. The smallest absolute Gasteiger partial charge is 0.258 e. The third kappa shape index (κ3) is 5.17. The van der Waals surface area contributed by atoms with Gasteiger partial charge in [-0.05, 0) is 37.1 Å². The summed E-state index contributed by atoms with van der Waals surface area (Å²) in [5, 5.41) is 5.69. The van der Waals surface area contributed by atoms with E-state index < -0.39 is 6.04 Å². The Balaban J connectivity index is 1.59. The number of rotatable bonds is 9. The van der Waals surface area contributed by atoms with Crippen molar-refractivity contribution < 1.29 is 14.3 Å². The molecule has 7 nitrogen and oxygen atoms in total. The van der Waals surface area contributed by atoms with Crippen molar-refractivity contribution in [3.63, 3.8) is 0 Å². The number of hydrogen-bond acceptors (Lipinski definition) is 4. The van der Waals surface area contributed by atoms with E-state index >= 15 is 0 Å². The molecule has 2 aromatic carbocycles. The molecule has 1 atom stereocenters. The lowest BCUT2D eigenvalue weighted by molar-refractivity contribution is -0.131. The number of benzene rings is 2. The number of fused-ring (bicyclic) bond motifs is 1. The topological polar surface area (TPSA) is 85.2 Å². The Morgan fingerprint density at radius 1 is 1.07 bits per heavy atom. The Hall–Kier alpha value is -3.35. The third-order valence-electron chi connectivity index (χ3n) is 4.85. The Kier molecular flexibility index (Phi) is 7.06. The number of imidazole rings is 1. The van der Waals surface area contributed by atoms with E-state index in [1.165, 1.54) is 0 Å². The summed E-state index contributed by atoms with van der Waals surface area (Å²) in [6.45, 7) is 6.73. The van der Waals surface area contributed by atoms with Crippen molar-refractivity contribution in [3.8, 4) is 5.75 Å². The van der Waals surface area contributed by atoms with Crippen molar-refractivity contribution in [2.75, 3.05) is 6.61 Å². The van der Waals surface area contributed by atoms with Gasteiger partial charge in [0.2, 0.25) is 5.91 Å². The highest BCUT2D eigenvalue weighted by molar-refractivity contribution is 5.88. The lowest BCUT2D eigenvalue weighted by atomic mass is 10.0. The summed E-state index contributed by atoms with van der Waals surface area (Å²) in [7, 11) is 0. The van der Waals surface area contributed by atoms with Gasteiger partial charge in [-0.25, -0.2) is 4.98 Å². The van der Waals surface area contributed by atoms with Gasteiger partial charge in [0, 0.05) is 6.54 Å². The number of aromatic nitrogens is 2. The second-order valence-corrected chi connectivity index (χ2v) is 7.37. The molecule has 2 amide bonds. The lowest BCUT2D eigenvalue weighted by Crippen LogP contribution is -2.50. The molecule has 1 unspecified atom stereocenters. The van der Waals surface area contributed by atoms with E-state index in [1.54, 1.807) is 12.1 Å². The first-order valence-electron chi connectivity index (χ1n) is 10.2. The van der Waals surface area contributed by atoms with Crippen LogP contribution in [-0.2, 0) is 22.7 Å². The van der Waals surface area contributed by atoms with Crippen molar-refractivity contribution in [1.82, 2.24) is 20.2 Å². The number of hydrogen-bond donors (Lipinski definition) is 2. The summed E-state index contributed by atoms with van der Waals surface area (Å²) in [5.74, 6) is 0.738. The van der Waals surface area contributed by atoms with Gasteiger partial charge in [0.1, 0.15) is 17.6 Å². The second-order valence-electron chi connectivity index (χ2n) is 7.37. The van der Waals surface area contributed by atoms with Gasteiger partial charge in [-0.2, -0.15) is 0 Å². The van der Waals surface area contributed by atoms with Gasteiger partial charge in [0.15, 0.2) is 6.61 Å². The van der Waals surface area contributed by atoms with Crippen molar-refractivity contribution in [3.05, 3.63) is 60.4 Å². The molecule has 0 saturated carbocycles. The van der Waals surface area contributed by atoms with E-state index in [4.69, 9.17) is 4.74 Å². The molecule has 2 N–H and O–H groups in total. The molecular formula is C23H28N4O3.